The predicted molar refractivity (Wildman–Crippen MR) is 91.4 cm³/mol. The van der Waals surface area contributed by atoms with Gasteiger partial charge in [0.05, 0.1) is 0 Å². The molecule has 1 fully saturated rings. The lowest BCUT2D eigenvalue weighted by Crippen LogP contribution is -2.16. The SMILES string of the molecule is C1CC1.CS(=O)(=O)c1c(Cl)nc(C#N)c(C(F)(F)F)c1-c1ccccc1. The predicted octanol–water partition coefficient (Wildman–Crippen LogP) is 4.87. The molecule has 1 aromatic heterocycles. The minimum Gasteiger partial charge on any atom is -0.224 e. The van der Waals surface area contributed by atoms with Crippen LogP contribution in [0.4, 0.5) is 13.2 Å². The van der Waals surface area contributed by atoms with Crippen molar-refractivity contribution in [3.05, 3.63) is 46.7 Å². The summed E-state index contributed by atoms with van der Waals surface area (Å²) in [5.41, 5.74) is -3.09. The molecule has 0 saturated heterocycles. The molecule has 1 aliphatic rings. The van der Waals surface area contributed by atoms with Crippen LogP contribution in [-0.4, -0.2) is 19.7 Å². The smallest absolute Gasteiger partial charge is 0.224 e. The molecule has 0 atom stereocenters. The first kappa shape index (κ1) is 20.2. The fourth-order valence-corrected chi connectivity index (χ4v) is 3.66. The fraction of sp³-hybridized carbons (Fsp3) is 0.294. The standard InChI is InChI=1S/C14H8ClF3N2O2S.C3H6/c1-23(21,22)12-10(8-5-3-2-4-6-8)11(14(16,17)18)9(7-19)20-13(12)15;1-2-3-1/h2-6H,1H3;1-3H2. The number of hydrogen-bond acceptors (Lipinski definition) is 4. The van der Waals surface area contributed by atoms with Crippen molar-refractivity contribution >= 4 is 21.4 Å². The zero-order valence-electron chi connectivity index (χ0n) is 13.6. The monoisotopic (exact) mass is 402 g/mol. The van der Waals surface area contributed by atoms with Crippen LogP contribution in [0, 0.1) is 11.3 Å². The van der Waals surface area contributed by atoms with Gasteiger partial charge in [0.15, 0.2) is 15.5 Å². The molecule has 0 amide bonds. The number of alkyl halides is 3. The number of nitrogens with zero attached hydrogens (tertiary/aromatic N) is 2. The average Bonchev–Trinajstić information content (AvgIpc) is 3.41. The van der Waals surface area contributed by atoms with E-state index in [1.807, 2.05) is 0 Å². The third-order valence-electron chi connectivity index (χ3n) is 3.29. The summed E-state index contributed by atoms with van der Waals surface area (Å²) in [5, 5.41) is 8.28. The van der Waals surface area contributed by atoms with Crippen LogP contribution < -0.4 is 0 Å². The third-order valence-corrected chi connectivity index (χ3v) is 4.81. The minimum atomic E-state index is -4.98. The van der Waals surface area contributed by atoms with Crippen molar-refractivity contribution in [3.8, 4) is 17.2 Å². The highest BCUT2D eigenvalue weighted by Crippen LogP contribution is 2.44. The molecular weight excluding hydrogens is 389 g/mol. The van der Waals surface area contributed by atoms with E-state index in [-0.39, 0.29) is 5.56 Å². The summed E-state index contributed by atoms with van der Waals surface area (Å²) in [6.45, 7) is 0. The summed E-state index contributed by atoms with van der Waals surface area (Å²) in [4.78, 5) is 2.56. The summed E-state index contributed by atoms with van der Waals surface area (Å²) in [6, 6.07) is 8.38. The van der Waals surface area contributed by atoms with Gasteiger partial charge in [0, 0.05) is 11.8 Å². The van der Waals surface area contributed by atoms with Crippen LogP contribution in [0.25, 0.3) is 11.1 Å². The van der Waals surface area contributed by atoms with Crippen molar-refractivity contribution in [2.24, 2.45) is 0 Å². The molecule has 0 unspecified atom stereocenters. The first-order valence-corrected chi connectivity index (χ1v) is 9.80. The van der Waals surface area contributed by atoms with Crippen LogP contribution in [0.1, 0.15) is 30.5 Å². The molecular formula is C17H14ClF3N2O2S. The summed E-state index contributed by atoms with van der Waals surface area (Å²) >= 11 is 5.76. The molecule has 0 aliphatic heterocycles. The second kappa shape index (κ2) is 7.64. The van der Waals surface area contributed by atoms with E-state index in [2.05, 4.69) is 4.98 Å². The molecule has 0 radical (unpaired) electrons. The van der Waals surface area contributed by atoms with E-state index in [1.165, 1.54) is 49.6 Å². The van der Waals surface area contributed by atoms with E-state index >= 15 is 0 Å². The molecule has 1 heterocycles. The van der Waals surface area contributed by atoms with Crippen LogP contribution in [0.3, 0.4) is 0 Å². The van der Waals surface area contributed by atoms with Crippen molar-refractivity contribution in [1.29, 1.82) is 5.26 Å². The fourth-order valence-electron chi connectivity index (χ4n) is 2.12. The first-order chi connectivity index (χ1) is 12.1. The molecule has 4 nitrogen and oxygen atoms in total. The van der Waals surface area contributed by atoms with Crippen molar-refractivity contribution in [2.75, 3.05) is 6.26 Å². The number of nitriles is 1. The summed E-state index contributed by atoms with van der Waals surface area (Å²) in [5.74, 6) is 0. The molecule has 9 heteroatoms. The molecule has 0 N–H and O–H groups in total. The van der Waals surface area contributed by atoms with Crippen molar-refractivity contribution in [1.82, 2.24) is 4.98 Å². The zero-order valence-corrected chi connectivity index (χ0v) is 15.2. The quantitative estimate of drug-likeness (QED) is 0.672. The van der Waals surface area contributed by atoms with Crippen molar-refractivity contribution in [3.63, 3.8) is 0 Å². The van der Waals surface area contributed by atoms with Gasteiger partial charge in [-0.15, -0.1) is 0 Å². The lowest BCUT2D eigenvalue weighted by atomic mass is 9.98. The first-order valence-electron chi connectivity index (χ1n) is 7.53. The zero-order chi connectivity index (χ0) is 19.5. The maximum Gasteiger partial charge on any atom is 0.419 e. The van der Waals surface area contributed by atoms with Crippen LogP contribution in [0.15, 0.2) is 35.2 Å². The van der Waals surface area contributed by atoms with Crippen LogP contribution in [0.2, 0.25) is 5.15 Å². The van der Waals surface area contributed by atoms with Crippen molar-refractivity contribution < 1.29 is 21.6 Å². The molecule has 0 bridgehead atoms. The van der Waals surface area contributed by atoms with Gasteiger partial charge in [-0.2, -0.15) is 18.4 Å². The number of aromatic nitrogens is 1. The largest absolute Gasteiger partial charge is 0.419 e. The highest BCUT2D eigenvalue weighted by Gasteiger charge is 2.41. The number of rotatable bonds is 2. The average molecular weight is 403 g/mol. The number of pyridine rings is 1. The molecule has 1 aliphatic carbocycles. The van der Waals surface area contributed by atoms with E-state index in [0.29, 0.717) is 0 Å². The van der Waals surface area contributed by atoms with Gasteiger partial charge in [-0.25, -0.2) is 13.4 Å². The van der Waals surface area contributed by atoms with Gasteiger partial charge in [-0.05, 0) is 5.56 Å². The summed E-state index contributed by atoms with van der Waals surface area (Å²) < 4.78 is 64.3. The van der Waals surface area contributed by atoms with Gasteiger partial charge < -0.3 is 0 Å². The maximum atomic E-state index is 13.5. The van der Waals surface area contributed by atoms with E-state index in [9.17, 15) is 21.6 Å². The minimum absolute atomic E-state index is 0.0268. The lowest BCUT2D eigenvalue weighted by molar-refractivity contribution is -0.137. The topological polar surface area (TPSA) is 70.8 Å². The van der Waals surface area contributed by atoms with Gasteiger partial charge in [-0.3, -0.25) is 0 Å². The Kier molecular flexibility index (Phi) is 5.94. The Morgan fingerprint density at radius 2 is 1.69 bits per heavy atom. The van der Waals surface area contributed by atoms with Crippen LogP contribution in [0.5, 0.6) is 0 Å². The van der Waals surface area contributed by atoms with E-state index in [1.54, 1.807) is 6.07 Å². The van der Waals surface area contributed by atoms with Gasteiger partial charge in [0.25, 0.3) is 0 Å². The number of sulfone groups is 1. The molecule has 0 spiro atoms. The van der Waals surface area contributed by atoms with E-state index in [4.69, 9.17) is 16.9 Å². The van der Waals surface area contributed by atoms with Gasteiger partial charge >= 0.3 is 6.18 Å². The maximum absolute atomic E-state index is 13.5. The Labute approximate surface area is 154 Å². The Morgan fingerprint density at radius 3 is 2.08 bits per heavy atom. The molecule has 2 aromatic rings. The second-order valence-corrected chi connectivity index (χ2v) is 7.95. The summed E-state index contributed by atoms with van der Waals surface area (Å²) in [7, 11) is -4.12. The van der Waals surface area contributed by atoms with Crippen molar-refractivity contribution in [2.45, 2.75) is 30.3 Å². The van der Waals surface area contributed by atoms with Crippen LogP contribution in [-0.2, 0) is 16.0 Å². The molecule has 1 saturated carbocycles. The van der Waals surface area contributed by atoms with Crippen LogP contribution >= 0.6 is 11.6 Å². The Balaban J connectivity index is 0.000000732. The Hall–Kier alpha value is -2.11. The normalized spacial score (nSPS) is 13.4. The highest BCUT2D eigenvalue weighted by molar-refractivity contribution is 7.91. The molecule has 1 aromatic carbocycles. The molecule has 26 heavy (non-hydrogen) atoms. The van der Waals surface area contributed by atoms with Gasteiger partial charge in [0.2, 0.25) is 0 Å². The number of benzene rings is 1. The summed E-state index contributed by atoms with van der Waals surface area (Å²) in [6.07, 6.45) is 0.252. The lowest BCUT2D eigenvalue weighted by Gasteiger charge is -2.18. The molecule has 3 rings (SSSR count). The number of halogens is 4. The highest BCUT2D eigenvalue weighted by atomic mass is 35.5. The number of hydrogen-bond donors (Lipinski definition) is 0. The third kappa shape index (κ3) is 4.74. The van der Waals surface area contributed by atoms with E-state index < -0.39 is 42.9 Å². The van der Waals surface area contributed by atoms with E-state index in [0.717, 1.165) is 6.26 Å². The molecule has 138 valence electrons. The van der Waals surface area contributed by atoms with Gasteiger partial charge in [0.1, 0.15) is 21.7 Å². The Morgan fingerprint density at radius 1 is 1.15 bits per heavy atom. The van der Waals surface area contributed by atoms with Gasteiger partial charge in [-0.1, -0.05) is 61.2 Å². The Bertz CT molecular complexity index is 948. The second-order valence-electron chi connectivity index (χ2n) is 5.64.